The molecule has 0 nitrogen and oxygen atoms in total. The third kappa shape index (κ3) is 1.81. The fourth-order valence-corrected chi connectivity index (χ4v) is 2.31. The lowest BCUT2D eigenvalue weighted by molar-refractivity contribution is 0.417. The molecular weight excluding hydrogens is 192 g/mol. The summed E-state index contributed by atoms with van der Waals surface area (Å²) in [5.74, 6) is 0.791. The lowest BCUT2D eigenvalue weighted by Gasteiger charge is -2.29. The molecule has 1 saturated carbocycles. The zero-order valence-corrected chi connectivity index (χ0v) is 9.43. The first-order valence-electron chi connectivity index (χ1n) is 5.55. The Kier molecular flexibility index (Phi) is 3.12. The number of benzene rings is 1. The molecule has 1 aromatic rings. The van der Waals surface area contributed by atoms with Gasteiger partial charge in [0, 0.05) is 0 Å². The Morgan fingerprint density at radius 3 is 2.64 bits per heavy atom. The van der Waals surface area contributed by atoms with E-state index in [-0.39, 0.29) is 5.38 Å². The molecular formula is C13H17Cl. The van der Waals surface area contributed by atoms with Gasteiger partial charge in [0.15, 0.2) is 0 Å². The van der Waals surface area contributed by atoms with E-state index < -0.39 is 0 Å². The summed E-state index contributed by atoms with van der Waals surface area (Å²) < 4.78 is 0. The Morgan fingerprint density at radius 1 is 1.36 bits per heavy atom. The molecule has 76 valence electrons. The zero-order chi connectivity index (χ0) is 9.97. The van der Waals surface area contributed by atoms with E-state index in [1.807, 2.05) is 0 Å². The Bertz CT molecular complexity index is 278. The summed E-state index contributed by atoms with van der Waals surface area (Å²) in [5.41, 5.74) is 2.86. The molecule has 0 amide bonds. The topological polar surface area (TPSA) is 0 Å². The highest BCUT2D eigenvalue weighted by atomic mass is 35.5. The van der Waals surface area contributed by atoms with Gasteiger partial charge < -0.3 is 0 Å². The van der Waals surface area contributed by atoms with Crippen LogP contribution >= 0.6 is 11.6 Å². The van der Waals surface area contributed by atoms with Crippen molar-refractivity contribution in [1.82, 2.24) is 0 Å². The molecule has 0 heterocycles. The number of alkyl halides is 1. The third-order valence-electron chi connectivity index (χ3n) is 3.24. The summed E-state index contributed by atoms with van der Waals surface area (Å²) in [5, 5.41) is 0.201. The van der Waals surface area contributed by atoms with Gasteiger partial charge in [-0.15, -0.1) is 11.6 Å². The second kappa shape index (κ2) is 4.35. The molecule has 1 aliphatic rings. The second-order valence-corrected chi connectivity index (χ2v) is 4.66. The van der Waals surface area contributed by atoms with Gasteiger partial charge >= 0.3 is 0 Å². The van der Waals surface area contributed by atoms with Crippen LogP contribution in [0, 0.1) is 0 Å². The molecule has 0 radical (unpaired) electrons. The zero-order valence-electron chi connectivity index (χ0n) is 8.67. The van der Waals surface area contributed by atoms with Crippen LogP contribution in [-0.2, 0) is 0 Å². The van der Waals surface area contributed by atoms with Crippen LogP contribution in [0.15, 0.2) is 24.3 Å². The minimum atomic E-state index is 0.201. The molecule has 0 aromatic heterocycles. The van der Waals surface area contributed by atoms with Crippen molar-refractivity contribution in [2.45, 2.75) is 43.9 Å². The van der Waals surface area contributed by atoms with Crippen molar-refractivity contribution < 1.29 is 0 Å². The van der Waals surface area contributed by atoms with Crippen LogP contribution in [-0.4, -0.2) is 0 Å². The van der Waals surface area contributed by atoms with E-state index >= 15 is 0 Å². The molecule has 0 bridgehead atoms. The fraction of sp³-hybridized carbons (Fsp3) is 0.538. The molecule has 14 heavy (non-hydrogen) atoms. The predicted octanol–water partition coefficient (Wildman–Crippen LogP) is 4.64. The predicted molar refractivity (Wildman–Crippen MR) is 61.9 cm³/mol. The van der Waals surface area contributed by atoms with Gasteiger partial charge in [-0.3, -0.25) is 0 Å². The van der Waals surface area contributed by atoms with Crippen molar-refractivity contribution in [3.63, 3.8) is 0 Å². The minimum absolute atomic E-state index is 0.201. The maximum atomic E-state index is 6.32. The van der Waals surface area contributed by atoms with Crippen LogP contribution in [0.2, 0.25) is 0 Å². The summed E-state index contributed by atoms with van der Waals surface area (Å²) in [6.45, 7) is 2.15. The van der Waals surface area contributed by atoms with Gasteiger partial charge in [-0.2, -0.15) is 0 Å². The van der Waals surface area contributed by atoms with Gasteiger partial charge in [0.05, 0.1) is 5.38 Å². The maximum Gasteiger partial charge on any atom is 0.0585 e. The van der Waals surface area contributed by atoms with Gasteiger partial charge in [-0.1, -0.05) is 37.6 Å². The Labute approximate surface area is 91.3 Å². The molecule has 1 atom stereocenters. The van der Waals surface area contributed by atoms with Crippen LogP contribution in [0.25, 0.3) is 0 Å². The van der Waals surface area contributed by atoms with E-state index in [1.165, 1.54) is 30.4 Å². The second-order valence-electron chi connectivity index (χ2n) is 4.13. The highest BCUT2D eigenvalue weighted by molar-refractivity contribution is 6.20. The average Bonchev–Trinajstić information content (AvgIpc) is 2.15. The Morgan fingerprint density at radius 2 is 2.07 bits per heavy atom. The lowest BCUT2D eigenvalue weighted by Crippen LogP contribution is -2.11. The normalized spacial score (nSPS) is 19.0. The molecule has 0 saturated heterocycles. The van der Waals surface area contributed by atoms with Gasteiger partial charge in [0.1, 0.15) is 0 Å². The summed E-state index contributed by atoms with van der Waals surface area (Å²) in [7, 11) is 0. The summed E-state index contributed by atoms with van der Waals surface area (Å²) in [6, 6.07) is 8.68. The van der Waals surface area contributed by atoms with E-state index in [0.29, 0.717) is 0 Å². The average molecular weight is 209 g/mol. The van der Waals surface area contributed by atoms with E-state index in [1.54, 1.807) is 0 Å². The van der Waals surface area contributed by atoms with Crippen molar-refractivity contribution in [2.75, 3.05) is 0 Å². The quantitative estimate of drug-likeness (QED) is 0.635. The highest BCUT2D eigenvalue weighted by Crippen LogP contribution is 2.41. The van der Waals surface area contributed by atoms with E-state index in [2.05, 4.69) is 31.2 Å². The maximum absolute atomic E-state index is 6.32. The number of hydrogen-bond donors (Lipinski definition) is 0. The van der Waals surface area contributed by atoms with Crippen molar-refractivity contribution in [1.29, 1.82) is 0 Å². The minimum Gasteiger partial charge on any atom is -0.118 e. The van der Waals surface area contributed by atoms with Crippen LogP contribution in [0.5, 0.6) is 0 Å². The summed E-state index contributed by atoms with van der Waals surface area (Å²) in [4.78, 5) is 0. The highest BCUT2D eigenvalue weighted by Gasteiger charge is 2.23. The van der Waals surface area contributed by atoms with Gasteiger partial charge in [0.25, 0.3) is 0 Å². The monoisotopic (exact) mass is 208 g/mol. The van der Waals surface area contributed by atoms with Crippen LogP contribution < -0.4 is 0 Å². The van der Waals surface area contributed by atoms with E-state index in [9.17, 15) is 0 Å². The van der Waals surface area contributed by atoms with Gasteiger partial charge in [-0.25, -0.2) is 0 Å². The van der Waals surface area contributed by atoms with Crippen molar-refractivity contribution >= 4 is 11.6 Å². The molecule has 0 N–H and O–H groups in total. The van der Waals surface area contributed by atoms with E-state index in [0.717, 1.165) is 12.3 Å². The lowest BCUT2D eigenvalue weighted by atomic mass is 9.77. The van der Waals surface area contributed by atoms with Gasteiger partial charge in [0.2, 0.25) is 0 Å². The molecule has 1 aliphatic carbocycles. The smallest absolute Gasteiger partial charge is 0.0585 e. The fourth-order valence-electron chi connectivity index (χ4n) is 2.11. The van der Waals surface area contributed by atoms with Crippen molar-refractivity contribution in [3.05, 3.63) is 35.4 Å². The van der Waals surface area contributed by atoms with Crippen molar-refractivity contribution in [2.24, 2.45) is 0 Å². The SMILES string of the molecule is CCC(Cl)c1ccccc1C1CCC1. The molecule has 0 spiro atoms. The first-order valence-corrected chi connectivity index (χ1v) is 5.99. The van der Waals surface area contributed by atoms with Crippen molar-refractivity contribution in [3.8, 4) is 0 Å². The molecule has 1 unspecified atom stereocenters. The standard InChI is InChI=1S/C13H17Cl/c1-2-13(14)12-9-4-3-8-11(12)10-6-5-7-10/h3-4,8-10,13H,2,5-7H2,1H3. The van der Waals surface area contributed by atoms with Crippen LogP contribution in [0.1, 0.15) is 55.0 Å². The number of halogens is 1. The Balaban J connectivity index is 2.27. The first kappa shape index (κ1) is 10.0. The number of hydrogen-bond acceptors (Lipinski definition) is 0. The molecule has 1 heteroatoms. The van der Waals surface area contributed by atoms with Crippen LogP contribution in [0.4, 0.5) is 0 Å². The van der Waals surface area contributed by atoms with E-state index in [4.69, 9.17) is 11.6 Å². The summed E-state index contributed by atoms with van der Waals surface area (Å²) >= 11 is 6.32. The van der Waals surface area contributed by atoms with Gasteiger partial charge in [-0.05, 0) is 36.3 Å². The molecule has 1 fully saturated rings. The largest absolute Gasteiger partial charge is 0.118 e. The molecule has 0 aliphatic heterocycles. The third-order valence-corrected chi connectivity index (χ3v) is 3.78. The summed E-state index contributed by atoms with van der Waals surface area (Å²) in [6.07, 6.45) is 5.11. The Hall–Kier alpha value is -0.490. The molecule has 2 rings (SSSR count). The number of rotatable bonds is 3. The first-order chi connectivity index (χ1) is 6.83. The molecule has 1 aromatic carbocycles. The van der Waals surface area contributed by atoms with Crippen LogP contribution in [0.3, 0.4) is 0 Å².